The van der Waals surface area contributed by atoms with Crippen LogP contribution in [0.4, 0.5) is 0 Å². The lowest BCUT2D eigenvalue weighted by Crippen LogP contribution is -2.39. The quantitative estimate of drug-likeness (QED) is 0.908. The first-order valence-electron chi connectivity index (χ1n) is 7.24. The summed E-state index contributed by atoms with van der Waals surface area (Å²) in [5.41, 5.74) is 1.23. The molecule has 4 heteroatoms. The van der Waals surface area contributed by atoms with Gasteiger partial charge in [0.25, 0.3) is 0 Å². The highest BCUT2D eigenvalue weighted by Gasteiger charge is 2.24. The van der Waals surface area contributed by atoms with E-state index in [1.165, 1.54) is 6.42 Å². The van der Waals surface area contributed by atoms with Crippen molar-refractivity contribution in [3.63, 3.8) is 0 Å². The summed E-state index contributed by atoms with van der Waals surface area (Å²) >= 11 is 0. The van der Waals surface area contributed by atoms with Crippen LogP contribution in [0.25, 0.3) is 0 Å². The molecule has 4 nitrogen and oxygen atoms in total. The van der Waals surface area contributed by atoms with Gasteiger partial charge >= 0.3 is 0 Å². The summed E-state index contributed by atoms with van der Waals surface area (Å²) in [4.78, 5) is 6.90. The third-order valence-corrected chi connectivity index (χ3v) is 3.72. The third-order valence-electron chi connectivity index (χ3n) is 3.72. The SMILES string of the molecule is Cc1nc(CN2CCC(CNC(C)(C)C)C2)oc1C. The Bertz CT molecular complexity index is 400. The molecule has 0 amide bonds. The van der Waals surface area contributed by atoms with Gasteiger partial charge in [-0.15, -0.1) is 0 Å². The van der Waals surface area contributed by atoms with Gasteiger partial charge in [-0.3, -0.25) is 4.90 Å². The topological polar surface area (TPSA) is 41.3 Å². The van der Waals surface area contributed by atoms with E-state index in [2.05, 4.69) is 36.0 Å². The van der Waals surface area contributed by atoms with E-state index in [0.717, 1.165) is 49.4 Å². The molecule has 0 aliphatic carbocycles. The van der Waals surface area contributed by atoms with Crippen LogP contribution in [0.15, 0.2) is 4.42 Å². The van der Waals surface area contributed by atoms with E-state index < -0.39 is 0 Å². The van der Waals surface area contributed by atoms with Crippen molar-refractivity contribution in [1.82, 2.24) is 15.2 Å². The summed E-state index contributed by atoms with van der Waals surface area (Å²) in [5.74, 6) is 2.55. The van der Waals surface area contributed by atoms with Gasteiger partial charge in [-0.05, 0) is 60.0 Å². The molecule has 1 N–H and O–H groups in total. The van der Waals surface area contributed by atoms with Crippen LogP contribution in [0, 0.1) is 19.8 Å². The average Bonchev–Trinajstić information content (AvgIpc) is 2.84. The smallest absolute Gasteiger partial charge is 0.208 e. The molecule has 1 saturated heterocycles. The predicted molar refractivity (Wildman–Crippen MR) is 77.1 cm³/mol. The Balaban J connectivity index is 1.79. The molecule has 2 heterocycles. The van der Waals surface area contributed by atoms with Crippen molar-refractivity contribution in [2.24, 2.45) is 5.92 Å². The fourth-order valence-corrected chi connectivity index (χ4v) is 2.47. The zero-order valence-electron chi connectivity index (χ0n) is 12.9. The number of hydrogen-bond donors (Lipinski definition) is 1. The van der Waals surface area contributed by atoms with Gasteiger partial charge in [-0.1, -0.05) is 0 Å². The van der Waals surface area contributed by atoms with Crippen molar-refractivity contribution in [2.75, 3.05) is 19.6 Å². The molecule has 1 fully saturated rings. The minimum absolute atomic E-state index is 0.213. The van der Waals surface area contributed by atoms with Crippen LogP contribution in [0.3, 0.4) is 0 Å². The number of rotatable bonds is 4. The molecule has 1 unspecified atom stereocenters. The number of hydrogen-bond acceptors (Lipinski definition) is 4. The average molecular weight is 265 g/mol. The molecule has 0 radical (unpaired) electrons. The van der Waals surface area contributed by atoms with Crippen LogP contribution in [0.2, 0.25) is 0 Å². The molecule has 108 valence electrons. The Morgan fingerprint density at radius 3 is 2.68 bits per heavy atom. The van der Waals surface area contributed by atoms with Crippen molar-refractivity contribution in [3.05, 3.63) is 17.3 Å². The first-order valence-corrected chi connectivity index (χ1v) is 7.24. The van der Waals surface area contributed by atoms with Crippen molar-refractivity contribution in [2.45, 2.75) is 53.1 Å². The predicted octanol–water partition coefficient (Wildman–Crippen LogP) is 2.50. The van der Waals surface area contributed by atoms with Gasteiger partial charge in [0.1, 0.15) is 5.76 Å². The van der Waals surface area contributed by atoms with Crippen LogP contribution in [-0.2, 0) is 6.54 Å². The Kier molecular flexibility index (Phi) is 4.31. The van der Waals surface area contributed by atoms with E-state index in [0.29, 0.717) is 0 Å². The number of nitrogens with zero attached hydrogens (tertiary/aromatic N) is 2. The van der Waals surface area contributed by atoms with Gasteiger partial charge in [0, 0.05) is 12.1 Å². The third kappa shape index (κ3) is 4.32. The fraction of sp³-hybridized carbons (Fsp3) is 0.800. The van der Waals surface area contributed by atoms with E-state index in [4.69, 9.17) is 4.42 Å². The number of aryl methyl sites for hydroxylation is 2. The number of nitrogens with one attached hydrogen (secondary N) is 1. The zero-order valence-corrected chi connectivity index (χ0v) is 12.9. The van der Waals surface area contributed by atoms with Gasteiger partial charge in [0.2, 0.25) is 5.89 Å². The molecule has 0 saturated carbocycles. The summed E-state index contributed by atoms with van der Waals surface area (Å²) in [7, 11) is 0. The van der Waals surface area contributed by atoms with Gasteiger partial charge in [-0.25, -0.2) is 4.98 Å². The molecule has 0 spiro atoms. The molecule has 19 heavy (non-hydrogen) atoms. The van der Waals surface area contributed by atoms with E-state index in [9.17, 15) is 0 Å². The Morgan fingerprint density at radius 2 is 2.11 bits per heavy atom. The highest BCUT2D eigenvalue weighted by Crippen LogP contribution is 2.19. The van der Waals surface area contributed by atoms with Crippen LogP contribution in [-0.4, -0.2) is 35.1 Å². The molecule has 1 atom stereocenters. The second-order valence-electron chi connectivity index (χ2n) is 6.77. The lowest BCUT2D eigenvalue weighted by atomic mass is 10.1. The molecule has 1 aromatic heterocycles. The molecular weight excluding hydrogens is 238 g/mol. The maximum atomic E-state index is 5.66. The van der Waals surface area contributed by atoms with Crippen LogP contribution in [0.5, 0.6) is 0 Å². The number of oxazole rings is 1. The Morgan fingerprint density at radius 1 is 1.37 bits per heavy atom. The van der Waals surface area contributed by atoms with Crippen LogP contribution >= 0.6 is 0 Å². The Hall–Kier alpha value is -0.870. The molecule has 1 aromatic rings. The first-order chi connectivity index (χ1) is 8.83. The van der Waals surface area contributed by atoms with Crippen LogP contribution in [0.1, 0.15) is 44.5 Å². The largest absolute Gasteiger partial charge is 0.444 e. The summed E-state index contributed by atoms with van der Waals surface area (Å²) in [5, 5.41) is 3.60. The van der Waals surface area contributed by atoms with Crippen molar-refractivity contribution in [3.8, 4) is 0 Å². The van der Waals surface area contributed by atoms with Crippen molar-refractivity contribution < 1.29 is 4.42 Å². The van der Waals surface area contributed by atoms with Gasteiger partial charge in [0.15, 0.2) is 0 Å². The maximum Gasteiger partial charge on any atom is 0.208 e. The van der Waals surface area contributed by atoms with E-state index in [1.54, 1.807) is 0 Å². The van der Waals surface area contributed by atoms with Crippen molar-refractivity contribution in [1.29, 1.82) is 0 Å². The lowest BCUT2D eigenvalue weighted by molar-refractivity contribution is 0.272. The maximum absolute atomic E-state index is 5.66. The summed E-state index contributed by atoms with van der Waals surface area (Å²) < 4.78 is 5.66. The molecule has 1 aliphatic rings. The fourth-order valence-electron chi connectivity index (χ4n) is 2.47. The lowest BCUT2D eigenvalue weighted by Gasteiger charge is -2.23. The van der Waals surface area contributed by atoms with Gasteiger partial charge in [0.05, 0.1) is 12.2 Å². The summed E-state index contributed by atoms with van der Waals surface area (Å²) in [6.07, 6.45) is 1.27. The molecule has 1 aliphatic heterocycles. The van der Waals surface area contributed by atoms with Crippen LogP contribution < -0.4 is 5.32 Å². The highest BCUT2D eigenvalue weighted by molar-refractivity contribution is 5.05. The van der Waals surface area contributed by atoms with Gasteiger partial charge in [-0.2, -0.15) is 0 Å². The minimum atomic E-state index is 0.213. The Labute approximate surface area is 116 Å². The first kappa shape index (κ1) is 14.5. The zero-order chi connectivity index (χ0) is 14.0. The standard InChI is InChI=1S/C15H27N3O/c1-11-12(2)19-14(17-11)10-18-7-6-13(9-18)8-16-15(3,4)5/h13,16H,6-10H2,1-5H3. The second-order valence-corrected chi connectivity index (χ2v) is 6.77. The second kappa shape index (κ2) is 5.63. The summed E-state index contributed by atoms with van der Waals surface area (Å²) in [6, 6.07) is 0. The molecule has 0 bridgehead atoms. The number of likely N-dealkylation sites (tertiary alicyclic amines) is 1. The van der Waals surface area contributed by atoms with E-state index in [-0.39, 0.29) is 5.54 Å². The van der Waals surface area contributed by atoms with Gasteiger partial charge < -0.3 is 9.73 Å². The monoisotopic (exact) mass is 265 g/mol. The van der Waals surface area contributed by atoms with E-state index in [1.807, 2.05) is 13.8 Å². The van der Waals surface area contributed by atoms with E-state index >= 15 is 0 Å². The summed E-state index contributed by atoms with van der Waals surface area (Å²) in [6.45, 7) is 14.9. The molecule has 2 rings (SSSR count). The molecule has 0 aromatic carbocycles. The molecular formula is C15H27N3O. The van der Waals surface area contributed by atoms with Crippen molar-refractivity contribution >= 4 is 0 Å². The minimum Gasteiger partial charge on any atom is -0.444 e. The normalized spacial score (nSPS) is 21.2. The number of aromatic nitrogens is 1. The highest BCUT2D eigenvalue weighted by atomic mass is 16.4.